The summed E-state index contributed by atoms with van der Waals surface area (Å²) in [5, 5.41) is 8.57. The Labute approximate surface area is 117 Å². The SMILES string of the molecule is CC(N)(C(=O)N1C(C(=O)O)CSC1C1CC1)C(F)(F)F. The summed E-state index contributed by atoms with van der Waals surface area (Å²) in [6.07, 6.45) is -3.34. The van der Waals surface area contributed by atoms with E-state index >= 15 is 0 Å². The van der Waals surface area contributed by atoms with Crippen molar-refractivity contribution in [2.45, 2.75) is 42.9 Å². The van der Waals surface area contributed by atoms with Gasteiger partial charge in [0.15, 0.2) is 5.54 Å². The number of thioether (sulfide) groups is 1. The summed E-state index contributed by atoms with van der Waals surface area (Å²) in [6.45, 7) is 0.585. The summed E-state index contributed by atoms with van der Waals surface area (Å²) < 4.78 is 38.6. The first-order valence-electron chi connectivity index (χ1n) is 6.10. The number of halogens is 3. The standard InChI is InChI=1S/C11H15F3N2O3S/c1-10(15,11(12,13)14)9(19)16-6(8(17)18)4-20-7(16)5-2-3-5/h5-7H,2-4,15H2,1H3,(H,17,18). The maximum atomic E-state index is 12.9. The average Bonchev–Trinajstić information content (AvgIpc) is 3.05. The lowest BCUT2D eigenvalue weighted by Gasteiger charge is -2.35. The Kier molecular flexibility index (Phi) is 3.70. The highest BCUT2D eigenvalue weighted by molar-refractivity contribution is 8.00. The van der Waals surface area contributed by atoms with Crippen molar-refractivity contribution in [3.63, 3.8) is 0 Å². The van der Waals surface area contributed by atoms with Crippen LogP contribution in [0.15, 0.2) is 0 Å². The van der Waals surface area contributed by atoms with Gasteiger partial charge in [-0.3, -0.25) is 4.79 Å². The van der Waals surface area contributed by atoms with Gasteiger partial charge in [0, 0.05) is 5.75 Å². The number of amides is 1. The first kappa shape index (κ1) is 15.4. The third kappa shape index (κ3) is 2.48. The van der Waals surface area contributed by atoms with Gasteiger partial charge < -0.3 is 15.7 Å². The van der Waals surface area contributed by atoms with E-state index in [4.69, 9.17) is 10.8 Å². The van der Waals surface area contributed by atoms with Gasteiger partial charge in [0.1, 0.15) is 6.04 Å². The Morgan fingerprint density at radius 1 is 1.35 bits per heavy atom. The molecule has 114 valence electrons. The predicted octanol–water partition coefficient (Wildman–Crippen LogP) is 1.03. The molecule has 2 rings (SSSR count). The van der Waals surface area contributed by atoms with Gasteiger partial charge in [-0.05, 0) is 25.7 Å². The molecular weight excluding hydrogens is 297 g/mol. The monoisotopic (exact) mass is 312 g/mol. The summed E-state index contributed by atoms with van der Waals surface area (Å²) in [5.41, 5.74) is 2.07. The molecule has 0 aromatic rings. The number of nitrogens with two attached hydrogens (primary N) is 1. The molecule has 3 N–H and O–H groups in total. The lowest BCUT2D eigenvalue weighted by Crippen LogP contribution is -2.65. The summed E-state index contributed by atoms with van der Waals surface area (Å²) >= 11 is 1.21. The van der Waals surface area contributed by atoms with Gasteiger partial charge in [-0.15, -0.1) is 11.8 Å². The molecule has 1 saturated heterocycles. The number of alkyl halides is 3. The molecule has 0 spiro atoms. The normalized spacial score (nSPS) is 30.1. The maximum absolute atomic E-state index is 12.9. The second-order valence-electron chi connectivity index (χ2n) is 5.33. The van der Waals surface area contributed by atoms with Crippen LogP contribution in [0.3, 0.4) is 0 Å². The molecule has 1 aliphatic heterocycles. The number of carbonyl (C=O) groups is 2. The second-order valence-corrected chi connectivity index (χ2v) is 6.48. The van der Waals surface area contributed by atoms with E-state index in [1.54, 1.807) is 0 Å². The van der Waals surface area contributed by atoms with Crippen LogP contribution in [0, 0.1) is 5.92 Å². The van der Waals surface area contributed by atoms with E-state index in [9.17, 15) is 22.8 Å². The molecule has 2 fully saturated rings. The lowest BCUT2D eigenvalue weighted by atomic mass is 10.00. The predicted molar refractivity (Wildman–Crippen MR) is 65.9 cm³/mol. The molecule has 5 nitrogen and oxygen atoms in total. The number of rotatable bonds is 3. The van der Waals surface area contributed by atoms with E-state index in [1.807, 2.05) is 0 Å². The molecule has 20 heavy (non-hydrogen) atoms. The summed E-state index contributed by atoms with van der Waals surface area (Å²) in [7, 11) is 0. The van der Waals surface area contributed by atoms with E-state index in [-0.39, 0.29) is 11.7 Å². The smallest absolute Gasteiger partial charge is 0.415 e. The van der Waals surface area contributed by atoms with Crippen LogP contribution >= 0.6 is 11.8 Å². The molecule has 9 heteroatoms. The fourth-order valence-electron chi connectivity index (χ4n) is 2.11. The van der Waals surface area contributed by atoms with Gasteiger partial charge in [-0.1, -0.05) is 0 Å². The van der Waals surface area contributed by atoms with Crippen molar-refractivity contribution < 1.29 is 27.9 Å². The zero-order valence-corrected chi connectivity index (χ0v) is 11.5. The largest absolute Gasteiger partial charge is 0.480 e. The molecule has 1 saturated carbocycles. The third-order valence-corrected chi connectivity index (χ3v) is 5.07. The highest BCUT2D eigenvalue weighted by atomic mass is 32.2. The highest BCUT2D eigenvalue weighted by Crippen LogP contribution is 2.46. The Hall–Kier alpha value is -0.960. The Bertz CT molecular complexity index is 437. The number of aliphatic carboxylic acids is 1. The number of nitrogens with zero attached hydrogens (tertiary/aromatic N) is 1. The third-order valence-electron chi connectivity index (χ3n) is 3.61. The van der Waals surface area contributed by atoms with Crippen molar-refractivity contribution >= 4 is 23.6 Å². The first-order valence-corrected chi connectivity index (χ1v) is 7.15. The molecule has 3 atom stereocenters. The maximum Gasteiger partial charge on any atom is 0.415 e. The zero-order chi connectivity index (χ0) is 15.3. The van der Waals surface area contributed by atoms with Crippen LogP contribution in [0.5, 0.6) is 0 Å². The molecule has 0 aromatic carbocycles. The number of carboxylic acid groups (broad SMARTS) is 1. The number of hydrogen-bond acceptors (Lipinski definition) is 4. The van der Waals surface area contributed by atoms with Gasteiger partial charge >= 0.3 is 12.1 Å². The lowest BCUT2D eigenvalue weighted by molar-refractivity contribution is -0.196. The van der Waals surface area contributed by atoms with E-state index in [1.165, 1.54) is 11.8 Å². The summed E-state index contributed by atoms with van der Waals surface area (Å²) in [4.78, 5) is 24.2. The van der Waals surface area contributed by atoms with E-state index in [0.29, 0.717) is 6.92 Å². The summed E-state index contributed by atoms with van der Waals surface area (Å²) in [6, 6.07) is -1.25. The van der Waals surface area contributed by atoms with Crippen molar-refractivity contribution in [1.82, 2.24) is 4.90 Å². The van der Waals surface area contributed by atoms with E-state index < -0.39 is 35.0 Å². The molecule has 1 aliphatic carbocycles. The summed E-state index contributed by atoms with van der Waals surface area (Å²) in [5.74, 6) is -2.50. The Morgan fingerprint density at radius 2 is 1.90 bits per heavy atom. The fraction of sp³-hybridized carbons (Fsp3) is 0.818. The van der Waals surface area contributed by atoms with Crippen LogP contribution in [0.25, 0.3) is 0 Å². The molecule has 1 heterocycles. The van der Waals surface area contributed by atoms with E-state index in [0.717, 1.165) is 17.7 Å². The molecule has 1 amide bonds. The first-order chi connectivity index (χ1) is 9.07. The molecular formula is C11H15F3N2O3S. The van der Waals surface area contributed by atoms with Crippen LogP contribution in [0.2, 0.25) is 0 Å². The van der Waals surface area contributed by atoms with Gasteiger partial charge in [-0.2, -0.15) is 13.2 Å². The van der Waals surface area contributed by atoms with Gasteiger partial charge in [0.05, 0.1) is 5.37 Å². The number of hydrogen-bond donors (Lipinski definition) is 2. The average molecular weight is 312 g/mol. The topological polar surface area (TPSA) is 83.6 Å². The molecule has 0 radical (unpaired) electrons. The Balaban J connectivity index is 2.30. The minimum atomic E-state index is -4.92. The fourth-order valence-corrected chi connectivity index (χ4v) is 3.74. The minimum Gasteiger partial charge on any atom is -0.480 e. The van der Waals surface area contributed by atoms with Crippen LogP contribution < -0.4 is 5.73 Å². The van der Waals surface area contributed by atoms with Gasteiger partial charge in [0.2, 0.25) is 0 Å². The van der Waals surface area contributed by atoms with Crippen molar-refractivity contribution in [2.75, 3.05) is 5.75 Å². The van der Waals surface area contributed by atoms with Crippen molar-refractivity contribution in [3.8, 4) is 0 Å². The van der Waals surface area contributed by atoms with Crippen LogP contribution in [0.1, 0.15) is 19.8 Å². The molecule has 0 aromatic heterocycles. The van der Waals surface area contributed by atoms with E-state index in [2.05, 4.69) is 0 Å². The highest BCUT2D eigenvalue weighted by Gasteiger charge is 2.59. The van der Waals surface area contributed by atoms with Gasteiger partial charge in [-0.25, -0.2) is 4.79 Å². The van der Waals surface area contributed by atoms with Crippen molar-refractivity contribution in [3.05, 3.63) is 0 Å². The number of carboxylic acids is 1. The second kappa shape index (κ2) is 4.80. The number of carbonyl (C=O) groups excluding carboxylic acids is 1. The van der Waals surface area contributed by atoms with Gasteiger partial charge in [0.25, 0.3) is 5.91 Å². The molecule has 0 bridgehead atoms. The quantitative estimate of drug-likeness (QED) is 0.813. The van der Waals surface area contributed by atoms with Crippen molar-refractivity contribution in [2.24, 2.45) is 11.7 Å². The van der Waals surface area contributed by atoms with Crippen LogP contribution in [0.4, 0.5) is 13.2 Å². The van der Waals surface area contributed by atoms with Crippen molar-refractivity contribution in [1.29, 1.82) is 0 Å². The molecule has 2 aliphatic rings. The molecule has 3 unspecified atom stereocenters. The Morgan fingerprint density at radius 3 is 2.30 bits per heavy atom. The van der Waals surface area contributed by atoms with Crippen LogP contribution in [-0.2, 0) is 9.59 Å². The zero-order valence-electron chi connectivity index (χ0n) is 10.7. The van der Waals surface area contributed by atoms with Crippen LogP contribution in [-0.4, -0.2) is 50.8 Å². The minimum absolute atomic E-state index is 0.0670.